The van der Waals surface area contributed by atoms with E-state index in [1.807, 2.05) is 30.4 Å². The van der Waals surface area contributed by atoms with Crippen LogP contribution in [0.4, 0.5) is 14.7 Å². The van der Waals surface area contributed by atoms with Crippen molar-refractivity contribution in [2.75, 3.05) is 5.73 Å². The van der Waals surface area contributed by atoms with Gasteiger partial charge in [0.05, 0.1) is 18.4 Å². The molecule has 0 saturated heterocycles. The number of carbonyl (C=O) groups is 1. The summed E-state index contributed by atoms with van der Waals surface area (Å²) in [5.41, 5.74) is 7.04. The molecule has 2 aromatic carbocycles. The number of hydrogen-bond donors (Lipinski definition) is 1. The summed E-state index contributed by atoms with van der Waals surface area (Å²) in [7, 11) is 0. The van der Waals surface area contributed by atoms with E-state index in [-0.39, 0.29) is 30.3 Å². The molecule has 0 aliphatic carbocycles. The molecule has 0 amide bonds. The number of Topliss-reactive ketones (excluding diaryl/α,β-unsaturated/α-hetero) is 1. The van der Waals surface area contributed by atoms with Crippen LogP contribution in [0.1, 0.15) is 34.3 Å². The Balaban J connectivity index is 1.41. The summed E-state index contributed by atoms with van der Waals surface area (Å²) in [6.07, 6.45) is 8.39. The van der Waals surface area contributed by atoms with Crippen molar-refractivity contribution in [2.45, 2.75) is 19.4 Å². The van der Waals surface area contributed by atoms with Crippen LogP contribution in [-0.2, 0) is 6.54 Å². The molecule has 0 atom stereocenters. The van der Waals surface area contributed by atoms with Gasteiger partial charge in [-0.1, -0.05) is 24.3 Å². The van der Waals surface area contributed by atoms with Crippen molar-refractivity contribution < 1.29 is 13.6 Å². The number of carbonyl (C=O) groups excluding carboxylic acids is 1. The summed E-state index contributed by atoms with van der Waals surface area (Å²) in [5, 5.41) is 0.847. The van der Waals surface area contributed by atoms with Gasteiger partial charge in [-0.2, -0.15) is 0 Å². The molecule has 0 aliphatic heterocycles. The third-order valence-electron chi connectivity index (χ3n) is 5.01. The number of nitrogens with zero attached hydrogens (tertiary/aromatic N) is 4. The van der Waals surface area contributed by atoms with E-state index in [4.69, 9.17) is 5.73 Å². The maximum atomic E-state index is 13.4. The van der Waals surface area contributed by atoms with Crippen LogP contribution in [0.3, 0.4) is 0 Å². The van der Waals surface area contributed by atoms with Gasteiger partial charge < -0.3 is 5.73 Å². The highest BCUT2D eigenvalue weighted by Gasteiger charge is 2.13. The zero-order chi connectivity index (χ0) is 23.4. The predicted octanol–water partition coefficient (Wildman–Crippen LogP) is 3.77. The molecule has 33 heavy (non-hydrogen) atoms. The normalized spacial score (nSPS) is 11.3. The van der Waals surface area contributed by atoms with Crippen LogP contribution in [0, 0.1) is 11.6 Å². The molecular weight excluding hydrogens is 428 g/mol. The van der Waals surface area contributed by atoms with E-state index in [0.717, 1.165) is 28.6 Å². The Morgan fingerprint density at radius 1 is 1.09 bits per heavy atom. The highest BCUT2D eigenvalue weighted by atomic mass is 19.2. The van der Waals surface area contributed by atoms with E-state index in [0.29, 0.717) is 12.0 Å². The molecule has 0 radical (unpaired) electrons. The van der Waals surface area contributed by atoms with Crippen molar-refractivity contribution in [1.29, 1.82) is 0 Å². The minimum Gasteiger partial charge on any atom is -0.368 e. The lowest BCUT2D eigenvalue weighted by molar-refractivity contribution is 0.0981. The van der Waals surface area contributed by atoms with Crippen LogP contribution in [0.15, 0.2) is 66.0 Å². The van der Waals surface area contributed by atoms with Gasteiger partial charge in [0.1, 0.15) is 5.56 Å². The maximum Gasteiger partial charge on any atom is 0.264 e. The molecule has 0 spiro atoms. The van der Waals surface area contributed by atoms with Gasteiger partial charge in [-0.25, -0.2) is 23.7 Å². The van der Waals surface area contributed by atoms with E-state index in [1.165, 1.54) is 23.2 Å². The number of allylic oxidation sites excluding steroid dienone is 1. The van der Waals surface area contributed by atoms with Gasteiger partial charge in [-0.05, 0) is 41.8 Å². The SMILES string of the molecule is Nc1ncc2cc(/C=C/CCC(=O)c3cncn(Cc4ccc(F)c(F)c4)c3=O)ccc2n1. The second-order valence-corrected chi connectivity index (χ2v) is 7.40. The highest BCUT2D eigenvalue weighted by molar-refractivity contribution is 5.95. The first kappa shape index (κ1) is 21.9. The number of nitrogen functional groups attached to an aromatic ring is 1. The smallest absolute Gasteiger partial charge is 0.264 e. The van der Waals surface area contributed by atoms with E-state index < -0.39 is 17.2 Å². The van der Waals surface area contributed by atoms with Crippen LogP contribution < -0.4 is 11.3 Å². The fourth-order valence-electron chi connectivity index (χ4n) is 3.33. The van der Waals surface area contributed by atoms with E-state index >= 15 is 0 Å². The van der Waals surface area contributed by atoms with Crippen molar-refractivity contribution in [3.63, 3.8) is 0 Å². The zero-order valence-corrected chi connectivity index (χ0v) is 17.4. The number of hydrogen-bond acceptors (Lipinski definition) is 6. The second-order valence-electron chi connectivity index (χ2n) is 7.40. The molecule has 0 saturated carbocycles. The van der Waals surface area contributed by atoms with Crippen molar-refractivity contribution in [3.8, 4) is 0 Å². The Hall–Kier alpha value is -4.27. The van der Waals surface area contributed by atoms with Gasteiger partial charge >= 0.3 is 0 Å². The van der Waals surface area contributed by atoms with Gasteiger partial charge in [-0.15, -0.1) is 0 Å². The molecule has 4 rings (SSSR count). The first-order valence-electron chi connectivity index (χ1n) is 10.1. The van der Waals surface area contributed by atoms with E-state index in [9.17, 15) is 18.4 Å². The number of benzene rings is 2. The summed E-state index contributed by atoms with van der Waals surface area (Å²) in [4.78, 5) is 37.3. The summed E-state index contributed by atoms with van der Waals surface area (Å²) >= 11 is 0. The standard InChI is InChI=1S/C24H19F2N5O2/c25-19-7-5-16(10-20(19)26)13-31-14-28-12-18(23(31)33)22(32)4-2-1-3-15-6-8-21-17(9-15)11-29-24(27)30-21/h1,3,5-12,14H,2,4,13H2,(H2,27,29,30)/b3-1+. The van der Waals surface area contributed by atoms with E-state index in [1.54, 1.807) is 6.20 Å². The van der Waals surface area contributed by atoms with Crippen molar-refractivity contribution in [3.05, 3.63) is 99.9 Å². The highest BCUT2D eigenvalue weighted by Crippen LogP contribution is 2.15. The third-order valence-corrected chi connectivity index (χ3v) is 5.01. The van der Waals surface area contributed by atoms with Crippen molar-refractivity contribution >= 4 is 28.7 Å². The molecular formula is C24H19F2N5O2. The van der Waals surface area contributed by atoms with Crippen LogP contribution in [0.2, 0.25) is 0 Å². The molecule has 4 aromatic rings. The van der Waals surface area contributed by atoms with Crippen molar-refractivity contribution in [1.82, 2.24) is 19.5 Å². The van der Waals surface area contributed by atoms with Gasteiger partial charge in [0.2, 0.25) is 5.95 Å². The lowest BCUT2D eigenvalue weighted by atomic mass is 10.1. The minimum atomic E-state index is -1.00. The molecule has 0 fully saturated rings. The number of aromatic nitrogens is 4. The summed E-state index contributed by atoms with van der Waals surface area (Å²) in [6.45, 7) is -0.0264. The Labute approximate surface area is 187 Å². The second kappa shape index (κ2) is 9.47. The monoisotopic (exact) mass is 447 g/mol. The quantitative estimate of drug-likeness (QED) is 0.433. The molecule has 2 heterocycles. The lowest BCUT2D eigenvalue weighted by Gasteiger charge is -2.07. The number of fused-ring (bicyclic) bond motifs is 1. The maximum absolute atomic E-state index is 13.4. The molecule has 0 aliphatic rings. The van der Waals surface area contributed by atoms with Gasteiger partial charge in [0, 0.05) is 24.2 Å². The van der Waals surface area contributed by atoms with Crippen LogP contribution >= 0.6 is 0 Å². The van der Waals surface area contributed by atoms with Crippen LogP contribution in [-0.4, -0.2) is 25.3 Å². The molecule has 7 nitrogen and oxygen atoms in total. The summed E-state index contributed by atoms with van der Waals surface area (Å²) < 4.78 is 27.7. The molecule has 166 valence electrons. The number of anilines is 1. The minimum absolute atomic E-state index is 0.0264. The van der Waals surface area contributed by atoms with Crippen molar-refractivity contribution in [2.24, 2.45) is 0 Å². The molecule has 0 bridgehead atoms. The topological polar surface area (TPSA) is 104 Å². The Morgan fingerprint density at radius 2 is 1.94 bits per heavy atom. The van der Waals surface area contributed by atoms with Gasteiger partial charge in [-0.3, -0.25) is 14.2 Å². The average molecular weight is 447 g/mol. The number of halogens is 2. The van der Waals surface area contributed by atoms with E-state index in [2.05, 4.69) is 15.0 Å². The Bertz CT molecular complexity index is 1430. The Kier molecular flexibility index (Phi) is 6.30. The predicted molar refractivity (Wildman–Crippen MR) is 121 cm³/mol. The molecule has 9 heteroatoms. The first-order chi connectivity index (χ1) is 15.9. The molecule has 2 aromatic heterocycles. The van der Waals surface area contributed by atoms with Crippen LogP contribution in [0.25, 0.3) is 17.0 Å². The number of rotatable bonds is 7. The lowest BCUT2D eigenvalue weighted by Crippen LogP contribution is -2.27. The number of nitrogens with two attached hydrogens (primary N) is 1. The largest absolute Gasteiger partial charge is 0.368 e. The van der Waals surface area contributed by atoms with Gasteiger partial charge in [0.25, 0.3) is 5.56 Å². The third kappa shape index (κ3) is 5.15. The summed E-state index contributed by atoms with van der Waals surface area (Å²) in [5.74, 6) is -2.11. The van der Waals surface area contributed by atoms with Crippen LogP contribution in [0.5, 0.6) is 0 Å². The fraction of sp³-hybridized carbons (Fsp3) is 0.125. The molecule has 2 N–H and O–H groups in total. The zero-order valence-electron chi connectivity index (χ0n) is 17.4. The summed E-state index contributed by atoms with van der Waals surface area (Å²) in [6, 6.07) is 9.00. The Morgan fingerprint density at radius 3 is 2.76 bits per heavy atom. The average Bonchev–Trinajstić information content (AvgIpc) is 2.80. The molecule has 0 unspecified atom stereocenters. The fourth-order valence-corrected chi connectivity index (χ4v) is 3.33. The first-order valence-corrected chi connectivity index (χ1v) is 10.1. The van der Waals surface area contributed by atoms with Gasteiger partial charge in [0.15, 0.2) is 17.4 Å². The number of ketones is 1.